The van der Waals surface area contributed by atoms with Crippen LogP contribution >= 0.6 is 0 Å². The summed E-state index contributed by atoms with van der Waals surface area (Å²) in [4.78, 5) is 22.4. The highest BCUT2D eigenvalue weighted by molar-refractivity contribution is 6.07. The first-order valence-electron chi connectivity index (χ1n) is 6.30. The zero-order chi connectivity index (χ0) is 15.2. The zero-order valence-corrected chi connectivity index (χ0v) is 11.4. The molecule has 4 heteroatoms. The molecule has 2 aromatic carbocycles. The first-order chi connectivity index (χ1) is 10.1. The first kappa shape index (κ1) is 14.5. The predicted molar refractivity (Wildman–Crippen MR) is 79.5 cm³/mol. The number of methoxy groups -OCH3 is 1. The van der Waals surface area contributed by atoms with Crippen LogP contribution in [0.5, 0.6) is 5.75 Å². The van der Waals surface area contributed by atoms with Gasteiger partial charge in [0.1, 0.15) is 5.75 Å². The molecule has 4 nitrogen and oxygen atoms in total. The minimum Gasteiger partial charge on any atom is -0.496 e. The van der Waals surface area contributed by atoms with Crippen LogP contribution in [-0.2, 0) is 4.79 Å². The van der Waals surface area contributed by atoms with Gasteiger partial charge in [0.15, 0.2) is 5.78 Å². The van der Waals surface area contributed by atoms with E-state index in [2.05, 4.69) is 0 Å². The predicted octanol–water partition coefficient (Wildman–Crippen LogP) is 3.19. The second kappa shape index (κ2) is 6.52. The number of hydrogen-bond donors (Lipinski definition) is 1. The van der Waals surface area contributed by atoms with E-state index in [0.717, 1.165) is 23.3 Å². The smallest absolute Gasteiger partial charge is 0.328 e. The molecular formula is C17H14O4. The largest absolute Gasteiger partial charge is 0.496 e. The lowest BCUT2D eigenvalue weighted by molar-refractivity contribution is -0.131. The fourth-order valence-corrected chi connectivity index (χ4v) is 1.95. The van der Waals surface area contributed by atoms with Crippen LogP contribution < -0.4 is 4.74 Å². The van der Waals surface area contributed by atoms with Gasteiger partial charge in [-0.1, -0.05) is 30.3 Å². The number of ether oxygens (including phenoxy) is 1. The van der Waals surface area contributed by atoms with Crippen molar-refractivity contribution in [1.82, 2.24) is 0 Å². The van der Waals surface area contributed by atoms with Crippen molar-refractivity contribution in [3.05, 3.63) is 66.2 Å². The molecule has 2 rings (SSSR count). The van der Waals surface area contributed by atoms with Crippen LogP contribution in [0, 0.1) is 0 Å². The van der Waals surface area contributed by atoms with E-state index in [1.165, 1.54) is 0 Å². The molecule has 0 heterocycles. The molecule has 2 aromatic rings. The van der Waals surface area contributed by atoms with E-state index in [1.54, 1.807) is 25.3 Å². The molecule has 1 N–H and O–H groups in total. The summed E-state index contributed by atoms with van der Waals surface area (Å²) in [5, 5.41) is 8.57. The van der Waals surface area contributed by atoms with Gasteiger partial charge in [-0.05, 0) is 29.8 Å². The maximum absolute atomic E-state index is 11.9. The molecular weight excluding hydrogens is 268 g/mol. The Morgan fingerprint density at radius 1 is 1.05 bits per heavy atom. The highest BCUT2D eigenvalue weighted by atomic mass is 16.5. The van der Waals surface area contributed by atoms with Crippen LogP contribution in [0.4, 0.5) is 0 Å². The van der Waals surface area contributed by atoms with E-state index in [4.69, 9.17) is 9.84 Å². The Balaban J connectivity index is 2.43. The lowest BCUT2D eigenvalue weighted by atomic mass is 10.00. The van der Waals surface area contributed by atoms with Crippen molar-refractivity contribution in [1.29, 1.82) is 0 Å². The van der Waals surface area contributed by atoms with Crippen molar-refractivity contribution in [2.45, 2.75) is 0 Å². The van der Waals surface area contributed by atoms with Crippen molar-refractivity contribution >= 4 is 11.8 Å². The van der Waals surface area contributed by atoms with Gasteiger partial charge in [0.25, 0.3) is 0 Å². The number of carbonyl (C=O) groups excluding carboxylic acids is 1. The minimum absolute atomic E-state index is 0.364. The van der Waals surface area contributed by atoms with Crippen molar-refractivity contribution in [2.24, 2.45) is 0 Å². The van der Waals surface area contributed by atoms with Crippen LogP contribution in [0.3, 0.4) is 0 Å². The average Bonchev–Trinajstić information content (AvgIpc) is 2.52. The SMILES string of the molecule is COc1ccc(C(=O)/C=C/C(=O)O)cc1-c1ccccc1. The number of carboxylic acids is 1. The number of carboxylic acid groups (broad SMARTS) is 1. The van der Waals surface area contributed by atoms with Gasteiger partial charge in [0.2, 0.25) is 0 Å². The van der Waals surface area contributed by atoms with Crippen molar-refractivity contribution in [2.75, 3.05) is 7.11 Å². The van der Waals surface area contributed by atoms with Gasteiger partial charge >= 0.3 is 5.97 Å². The van der Waals surface area contributed by atoms with E-state index in [-0.39, 0.29) is 5.78 Å². The second-order valence-corrected chi connectivity index (χ2v) is 4.32. The lowest BCUT2D eigenvalue weighted by Crippen LogP contribution is -1.98. The van der Waals surface area contributed by atoms with Crippen LogP contribution in [0.25, 0.3) is 11.1 Å². The normalized spacial score (nSPS) is 10.5. The van der Waals surface area contributed by atoms with Crippen molar-refractivity contribution in [3.8, 4) is 16.9 Å². The highest BCUT2D eigenvalue weighted by Crippen LogP contribution is 2.30. The molecule has 0 aliphatic heterocycles. The molecule has 0 saturated carbocycles. The molecule has 0 aliphatic carbocycles. The molecule has 106 valence electrons. The molecule has 0 unspecified atom stereocenters. The van der Waals surface area contributed by atoms with Gasteiger partial charge in [-0.2, -0.15) is 0 Å². The molecule has 0 amide bonds. The van der Waals surface area contributed by atoms with E-state index in [1.807, 2.05) is 30.3 Å². The number of carbonyl (C=O) groups is 2. The maximum Gasteiger partial charge on any atom is 0.328 e. The first-order valence-corrected chi connectivity index (χ1v) is 6.30. The van der Waals surface area contributed by atoms with E-state index >= 15 is 0 Å². The topological polar surface area (TPSA) is 63.6 Å². The number of benzene rings is 2. The highest BCUT2D eigenvalue weighted by Gasteiger charge is 2.10. The second-order valence-electron chi connectivity index (χ2n) is 4.32. The molecule has 21 heavy (non-hydrogen) atoms. The van der Waals surface area contributed by atoms with Crippen LogP contribution in [-0.4, -0.2) is 24.0 Å². The summed E-state index contributed by atoms with van der Waals surface area (Å²) in [5.41, 5.74) is 2.12. The Bertz CT molecular complexity index is 687. The summed E-state index contributed by atoms with van der Waals surface area (Å²) in [6.07, 6.45) is 1.87. The third-order valence-electron chi connectivity index (χ3n) is 2.95. The molecule has 0 spiro atoms. The number of ketones is 1. The maximum atomic E-state index is 11.9. The Hall–Kier alpha value is -2.88. The molecule has 0 bridgehead atoms. The van der Waals surface area contributed by atoms with Gasteiger partial charge in [0.05, 0.1) is 7.11 Å². The molecule has 0 radical (unpaired) electrons. The molecule has 0 saturated heterocycles. The summed E-state index contributed by atoms with van der Waals surface area (Å²) in [6, 6.07) is 14.5. The van der Waals surface area contributed by atoms with E-state index < -0.39 is 5.97 Å². The number of allylic oxidation sites excluding steroid dienone is 1. The summed E-state index contributed by atoms with van der Waals surface area (Å²) >= 11 is 0. The lowest BCUT2D eigenvalue weighted by Gasteiger charge is -2.10. The standard InChI is InChI=1S/C17H14O4/c1-21-16-9-7-13(15(18)8-10-17(19)20)11-14(16)12-5-3-2-4-6-12/h2-11H,1H3,(H,19,20)/b10-8+. The fraction of sp³-hybridized carbons (Fsp3) is 0.0588. The molecule has 0 fully saturated rings. The summed E-state index contributed by atoms with van der Waals surface area (Å²) in [7, 11) is 1.56. The van der Waals surface area contributed by atoms with Gasteiger partial charge in [-0.15, -0.1) is 0 Å². The quantitative estimate of drug-likeness (QED) is 0.675. The summed E-state index contributed by atoms with van der Waals surface area (Å²) < 4.78 is 5.31. The van der Waals surface area contributed by atoms with Crippen LogP contribution in [0.1, 0.15) is 10.4 Å². The molecule has 0 aromatic heterocycles. The van der Waals surface area contributed by atoms with Crippen molar-refractivity contribution < 1.29 is 19.4 Å². The monoisotopic (exact) mass is 282 g/mol. The number of rotatable bonds is 5. The number of aliphatic carboxylic acids is 1. The van der Waals surface area contributed by atoms with Crippen LogP contribution in [0.2, 0.25) is 0 Å². The van der Waals surface area contributed by atoms with Gasteiger partial charge in [-0.3, -0.25) is 4.79 Å². The Morgan fingerprint density at radius 3 is 2.38 bits per heavy atom. The summed E-state index contributed by atoms with van der Waals surface area (Å²) in [6.45, 7) is 0. The third kappa shape index (κ3) is 3.57. The third-order valence-corrected chi connectivity index (χ3v) is 2.95. The average molecular weight is 282 g/mol. The zero-order valence-electron chi connectivity index (χ0n) is 11.4. The minimum atomic E-state index is -1.15. The van der Waals surface area contributed by atoms with E-state index in [0.29, 0.717) is 11.3 Å². The van der Waals surface area contributed by atoms with Crippen molar-refractivity contribution in [3.63, 3.8) is 0 Å². The van der Waals surface area contributed by atoms with E-state index in [9.17, 15) is 9.59 Å². The van der Waals surface area contributed by atoms with Gasteiger partial charge in [0, 0.05) is 17.2 Å². The molecule has 0 atom stereocenters. The summed E-state index contributed by atoms with van der Waals surface area (Å²) in [5.74, 6) is -0.864. The number of hydrogen-bond acceptors (Lipinski definition) is 3. The Labute approximate surface area is 122 Å². The fourth-order valence-electron chi connectivity index (χ4n) is 1.95. The van der Waals surface area contributed by atoms with Gasteiger partial charge < -0.3 is 9.84 Å². The Kier molecular flexibility index (Phi) is 4.51. The Morgan fingerprint density at radius 2 is 1.76 bits per heavy atom. The molecule has 0 aliphatic rings. The van der Waals surface area contributed by atoms with Gasteiger partial charge in [-0.25, -0.2) is 4.79 Å². The van der Waals surface area contributed by atoms with Crippen LogP contribution in [0.15, 0.2) is 60.7 Å².